The van der Waals surface area contributed by atoms with Crippen molar-refractivity contribution in [2.45, 2.75) is 0 Å². The molecular formula is C66H37ClF9N9O6. The second-order valence-electron chi connectivity index (χ2n) is 18.9. The molecule has 9 aromatic carbocycles. The molecule has 4 N–H and O–H groups in total. The van der Waals surface area contributed by atoms with Gasteiger partial charge >= 0.3 is 0 Å². The summed E-state index contributed by atoms with van der Waals surface area (Å²) < 4.78 is 125. The molecule has 0 unspecified atom stereocenters. The zero-order chi connectivity index (χ0) is 65.0. The van der Waals surface area contributed by atoms with Gasteiger partial charge < -0.3 is 16.4 Å². The highest BCUT2D eigenvalue weighted by molar-refractivity contribution is 6.67. The molecule has 0 spiro atoms. The molecular weight excluding hydrogens is 1220 g/mol. The second-order valence-corrected chi connectivity index (χ2v) is 19.2. The number of rotatable bonds is 11. The number of carbonyl (C=O) groups is 6. The summed E-state index contributed by atoms with van der Waals surface area (Å²) >= 11 is 5.07. The van der Waals surface area contributed by atoms with Gasteiger partial charge in [0.05, 0.1) is 66.9 Å². The molecule has 452 valence electrons. The minimum absolute atomic E-state index is 0.00871. The van der Waals surface area contributed by atoms with Crippen LogP contribution in [0, 0.1) is 52.4 Å². The summed E-state index contributed by atoms with van der Waals surface area (Å²) in [6, 6.07) is 33.6. The lowest BCUT2D eigenvalue weighted by atomic mass is 10.0. The smallest absolute Gasteiger partial charge is 0.255 e. The van der Waals surface area contributed by atoms with Crippen LogP contribution in [-0.4, -0.2) is 64.3 Å². The molecule has 3 heterocycles. The number of aromatic nitrogens is 6. The van der Waals surface area contributed by atoms with E-state index >= 15 is 0 Å². The minimum Gasteiger partial charge on any atom is -0.396 e. The Hall–Kier alpha value is -11.9. The zero-order valence-electron chi connectivity index (χ0n) is 46.0. The van der Waals surface area contributed by atoms with Crippen LogP contribution in [-0.2, 0) is 0 Å². The van der Waals surface area contributed by atoms with E-state index in [-0.39, 0.29) is 39.1 Å². The first-order valence-electron chi connectivity index (χ1n) is 26.2. The van der Waals surface area contributed by atoms with Gasteiger partial charge in [0.15, 0.2) is 34.8 Å². The largest absolute Gasteiger partial charge is 0.396 e. The highest BCUT2D eigenvalue weighted by atomic mass is 35.5. The first-order valence-corrected chi connectivity index (χ1v) is 26.6. The Balaban J connectivity index is 0.000000152. The van der Waals surface area contributed by atoms with E-state index in [0.29, 0.717) is 33.1 Å². The highest BCUT2D eigenvalue weighted by Crippen LogP contribution is 2.29. The van der Waals surface area contributed by atoms with Crippen LogP contribution in [0.2, 0.25) is 0 Å². The first-order chi connectivity index (χ1) is 43.6. The molecule has 0 saturated carbocycles. The molecule has 0 fully saturated rings. The number of nitrogens with two attached hydrogens (primary N) is 1. The third-order valence-electron chi connectivity index (χ3n) is 12.9. The van der Waals surface area contributed by atoms with E-state index in [1.165, 1.54) is 128 Å². The van der Waals surface area contributed by atoms with Gasteiger partial charge in [-0.25, -0.2) is 39.5 Å². The Labute approximate surface area is 512 Å². The fourth-order valence-electron chi connectivity index (χ4n) is 8.50. The Bertz CT molecular complexity index is 4670. The summed E-state index contributed by atoms with van der Waals surface area (Å²) in [7, 11) is 0. The number of anilines is 3. The predicted octanol–water partition coefficient (Wildman–Crippen LogP) is 14.0. The molecule has 0 aliphatic carbocycles. The number of amides is 2. The van der Waals surface area contributed by atoms with Crippen LogP contribution >= 0.6 is 11.6 Å². The summed E-state index contributed by atoms with van der Waals surface area (Å²) in [6.45, 7) is 0. The van der Waals surface area contributed by atoms with Gasteiger partial charge in [-0.05, 0) is 157 Å². The van der Waals surface area contributed by atoms with Crippen LogP contribution in [0.25, 0.3) is 33.1 Å². The lowest BCUT2D eigenvalue weighted by molar-refractivity contribution is 0.101. The minimum atomic E-state index is -1.23. The molecule has 12 rings (SSSR count). The second kappa shape index (κ2) is 28.3. The maximum atomic E-state index is 15.0. The third-order valence-corrected chi connectivity index (χ3v) is 13.1. The summed E-state index contributed by atoms with van der Waals surface area (Å²) in [5.41, 5.74) is 5.04. The fourth-order valence-corrected chi connectivity index (χ4v) is 8.61. The van der Waals surface area contributed by atoms with Crippen LogP contribution < -0.4 is 16.4 Å². The van der Waals surface area contributed by atoms with E-state index in [1.54, 1.807) is 6.07 Å². The van der Waals surface area contributed by atoms with Crippen molar-refractivity contribution in [3.8, 4) is 0 Å². The van der Waals surface area contributed by atoms with Crippen molar-refractivity contribution in [1.29, 1.82) is 0 Å². The molecule has 2 amide bonds. The lowest BCUT2D eigenvalue weighted by Crippen LogP contribution is -2.16. The van der Waals surface area contributed by atoms with Crippen LogP contribution in [0.4, 0.5) is 56.6 Å². The Morgan fingerprint density at radius 3 is 0.967 bits per heavy atom. The Kier molecular flexibility index (Phi) is 19.8. The van der Waals surface area contributed by atoms with Gasteiger partial charge in [0, 0.05) is 70.6 Å². The standard InChI is InChI=1S/2C22H12F3N3O2.C15H9F2N3O.C7H4ClFO/c2*23-14-3-1-2-13(10-14)22(30)28-17-7-5-15(24)19(20(17)25)21(29)12-4-6-16-18(11-12)27-9-8-26-16;16-9-2-3-10(18)14(17)13(9)15(21)8-1-4-11-12(7-8)20-6-5-19-11;8-7(10)5-2-1-3-6(9)4-5/h2*1-11H,(H,28,30);1-7H,18H2;1-4H. The summed E-state index contributed by atoms with van der Waals surface area (Å²) in [5, 5.41) is 3.83. The van der Waals surface area contributed by atoms with Crippen molar-refractivity contribution in [3.05, 3.63) is 303 Å². The molecule has 15 nitrogen and oxygen atoms in total. The number of ketones is 3. The fraction of sp³-hybridized carbons (Fsp3) is 0. The molecule has 0 radical (unpaired) electrons. The third kappa shape index (κ3) is 15.1. The van der Waals surface area contributed by atoms with E-state index in [2.05, 4.69) is 40.5 Å². The van der Waals surface area contributed by atoms with Gasteiger partial charge in [-0.15, -0.1) is 0 Å². The number of nitrogens with zero attached hydrogens (tertiary/aromatic N) is 6. The number of hydrogen-bond donors (Lipinski definition) is 3. The van der Waals surface area contributed by atoms with Crippen LogP contribution in [0.5, 0.6) is 0 Å². The summed E-state index contributed by atoms with van der Waals surface area (Å²) in [5.74, 6) is -12.6. The van der Waals surface area contributed by atoms with E-state index in [4.69, 9.17) is 17.3 Å². The van der Waals surface area contributed by atoms with Crippen LogP contribution in [0.3, 0.4) is 0 Å². The number of hydrogen-bond acceptors (Lipinski definition) is 13. The van der Waals surface area contributed by atoms with Gasteiger partial charge in [0.2, 0.25) is 0 Å². The van der Waals surface area contributed by atoms with Gasteiger partial charge in [0.1, 0.15) is 34.9 Å². The molecule has 0 saturated heterocycles. The van der Waals surface area contributed by atoms with Gasteiger partial charge in [-0.1, -0.05) is 18.2 Å². The quantitative estimate of drug-likeness (QED) is 0.0474. The molecule has 0 bridgehead atoms. The summed E-state index contributed by atoms with van der Waals surface area (Å²) in [6.07, 6.45) is 8.81. The number of nitrogens with one attached hydrogen (secondary N) is 2. The van der Waals surface area contributed by atoms with Crippen molar-refractivity contribution in [2.75, 3.05) is 16.4 Å². The first kappa shape index (κ1) is 63.6. The Morgan fingerprint density at radius 2 is 0.637 bits per heavy atom. The molecule has 91 heavy (non-hydrogen) atoms. The molecule has 12 aromatic rings. The average molecular weight is 1260 g/mol. The van der Waals surface area contributed by atoms with Crippen molar-refractivity contribution >= 4 is 96.2 Å². The molecule has 25 heteroatoms. The van der Waals surface area contributed by atoms with E-state index in [0.717, 1.165) is 66.7 Å². The molecule has 0 aliphatic heterocycles. The molecule has 0 atom stereocenters. The van der Waals surface area contributed by atoms with Gasteiger partial charge in [-0.2, -0.15) is 0 Å². The number of fused-ring (bicyclic) bond motifs is 3. The lowest BCUT2D eigenvalue weighted by Gasteiger charge is -2.11. The maximum Gasteiger partial charge on any atom is 0.255 e. The predicted molar refractivity (Wildman–Crippen MR) is 318 cm³/mol. The van der Waals surface area contributed by atoms with Crippen LogP contribution in [0.15, 0.2) is 201 Å². The van der Waals surface area contributed by atoms with Crippen molar-refractivity contribution in [2.24, 2.45) is 0 Å². The Morgan fingerprint density at radius 1 is 0.330 bits per heavy atom. The number of nitrogen functional groups attached to an aromatic ring is 1. The monoisotopic (exact) mass is 1260 g/mol. The summed E-state index contributed by atoms with van der Waals surface area (Å²) in [4.78, 5) is 97.2. The molecule has 3 aromatic heterocycles. The zero-order valence-corrected chi connectivity index (χ0v) is 46.8. The van der Waals surface area contributed by atoms with Crippen molar-refractivity contribution in [3.63, 3.8) is 0 Å². The van der Waals surface area contributed by atoms with Gasteiger partial charge in [0.25, 0.3) is 17.1 Å². The topological polar surface area (TPSA) is 230 Å². The number of halogens is 10. The van der Waals surface area contributed by atoms with Crippen molar-refractivity contribution < 1.29 is 68.3 Å². The van der Waals surface area contributed by atoms with E-state index < -0.39 is 115 Å². The van der Waals surface area contributed by atoms with Gasteiger partial charge in [-0.3, -0.25) is 58.7 Å². The average Bonchev–Trinajstić information content (AvgIpc) is 1.01. The van der Waals surface area contributed by atoms with Crippen LogP contribution in [0.1, 0.15) is 78.8 Å². The number of benzene rings is 9. The maximum absolute atomic E-state index is 15.0. The number of carbonyl (C=O) groups excluding carboxylic acids is 6. The highest BCUT2D eigenvalue weighted by Gasteiger charge is 2.26. The SMILES string of the molecule is Nc1ccc(F)c(C(=O)c2ccc3nccnc3c2)c1F.O=C(Cl)c1cccc(F)c1.O=C(Nc1ccc(F)c(C(=O)c2ccc3nccnc3c2)c1F)c1cccc(F)c1.O=C(Nc1ccc(F)c(C(=O)c2ccc3nccnc3c2)c1F)c1cccc(F)c1. The van der Waals surface area contributed by atoms with Crippen molar-refractivity contribution in [1.82, 2.24) is 29.9 Å². The molecule has 0 aliphatic rings. The van der Waals surface area contributed by atoms with E-state index in [1.807, 2.05) is 0 Å². The normalized spacial score (nSPS) is 10.6. The van der Waals surface area contributed by atoms with E-state index in [9.17, 15) is 68.3 Å².